The van der Waals surface area contributed by atoms with Crippen molar-refractivity contribution in [1.82, 2.24) is 5.32 Å². The van der Waals surface area contributed by atoms with Crippen molar-refractivity contribution in [3.63, 3.8) is 0 Å². The number of thiol groups is 1. The topological polar surface area (TPSA) is 72.2 Å². The normalized spacial score (nSPS) is 13.9. The maximum atomic E-state index is 10.8. The average Bonchev–Trinajstić information content (AvgIpc) is 1.99. The van der Waals surface area contributed by atoms with E-state index in [2.05, 4.69) is 17.9 Å². The zero-order valence-electron chi connectivity index (χ0n) is 8.28. The molecule has 0 spiro atoms. The third-order valence-electron chi connectivity index (χ3n) is 1.10. The molecule has 66 valence electrons. The van der Waals surface area contributed by atoms with Crippen LogP contribution in [-0.4, -0.2) is 30.0 Å². The summed E-state index contributed by atoms with van der Waals surface area (Å²) in [5.41, 5.74) is 5.24. The van der Waals surface area contributed by atoms with Gasteiger partial charge in [0.2, 0.25) is 5.91 Å². The van der Waals surface area contributed by atoms with Gasteiger partial charge in [0.05, 0.1) is 12.1 Å². The summed E-state index contributed by atoms with van der Waals surface area (Å²) in [5, 5.41) is 2.41. The fraction of sp³-hybridized carbons (Fsp3) is 0.667. The van der Waals surface area contributed by atoms with Crippen LogP contribution in [0.15, 0.2) is 0 Å². The number of nitrogens with two attached hydrogens (primary N) is 1. The molecule has 0 aliphatic rings. The van der Waals surface area contributed by atoms with Gasteiger partial charge in [0.1, 0.15) is 6.29 Å². The Morgan fingerprint density at radius 1 is 1.83 bits per heavy atom. The van der Waals surface area contributed by atoms with Gasteiger partial charge in [0.25, 0.3) is 0 Å². The van der Waals surface area contributed by atoms with Gasteiger partial charge < -0.3 is 17.3 Å². The molecule has 2 atom stereocenters. The van der Waals surface area contributed by atoms with Gasteiger partial charge in [0, 0.05) is 5.75 Å². The molecule has 0 saturated heterocycles. The van der Waals surface area contributed by atoms with E-state index < -0.39 is 12.1 Å². The molecule has 3 N–H and O–H groups in total. The van der Waals surface area contributed by atoms with E-state index in [0.29, 0.717) is 12.0 Å². The van der Waals surface area contributed by atoms with Crippen LogP contribution in [0.1, 0.15) is 8.35 Å². The Bertz CT molecular complexity index is 160. The monoisotopic (exact) mass is 200 g/mol. The van der Waals surface area contributed by atoms with Crippen molar-refractivity contribution in [2.24, 2.45) is 5.73 Å². The Morgan fingerprint density at radius 3 is 2.58 bits per heavy atom. The van der Waals surface area contributed by atoms with Crippen molar-refractivity contribution in [3.05, 3.63) is 0 Å². The predicted octanol–water partition coefficient (Wildman–Crippen LogP) is -3.94. The van der Waals surface area contributed by atoms with Gasteiger partial charge in [-0.2, -0.15) is 12.6 Å². The van der Waals surface area contributed by atoms with Gasteiger partial charge in [-0.15, -0.1) is 0 Å². The van der Waals surface area contributed by atoms with Gasteiger partial charge in [0.15, 0.2) is 0 Å². The molecular weight excluding hydrogens is 187 g/mol. The minimum absolute atomic E-state index is 0. The van der Waals surface area contributed by atoms with Crippen LogP contribution < -0.4 is 40.6 Å². The number of amides is 1. The Kier molecular flexibility index (Phi) is 10.0. The van der Waals surface area contributed by atoms with E-state index >= 15 is 0 Å². The van der Waals surface area contributed by atoms with E-state index in [4.69, 9.17) is 5.73 Å². The van der Waals surface area contributed by atoms with Crippen molar-refractivity contribution in [1.29, 1.82) is 0 Å². The van der Waals surface area contributed by atoms with E-state index in [0.717, 1.165) is 0 Å². The Hall–Kier alpha value is 0.450. The largest absolute Gasteiger partial charge is 1.00 e. The molecular formula is C6H13N2NaO2S. The Balaban J connectivity index is -0.000000500. The molecule has 0 radical (unpaired) electrons. The van der Waals surface area contributed by atoms with E-state index in [-0.39, 0.29) is 36.9 Å². The van der Waals surface area contributed by atoms with E-state index in [9.17, 15) is 9.59 Å². The molecule has 0 aromatic rings. The van der Waals surface area contributed by atoms with Crippen LogP contribution in [0.5, 0.6) is 0 Å². The maximum Gasteiger partial charge on any atom is 1.00 e. The SMILES string of the molecule is C[C@H](N)C(=O)N[C@H](C=O)CS.[H-].[Na+]. The molecule has 1 amide bonds. The Labute approximate surface area is 101 Å². The molecule has 0 heterocycles. The molecule has 0 rings (SSSR count). The first-order valence-corrected chi connectivity index (χ1v) is 3.87. The fourth-order valence-electron chi connectivity index (χ4n) is 0.437. The number of rotatable bonds is 4. The molecule has 0 bridgehead atoms. The first-order chi connectivity index (χ1) is 5.11. The van der Waals surface area contributed by atoms with Crippen LogP contribution in [0.4, 0.5) is 0 Å². The summed E-state index contributed by atoms with van der Waals surface area (Å²) in [6.45, 7) is 1.55. The molecule has 0 unspecified atom stereocenters. The third kappa shape index (κ3) is 6.02. The van der Waals surface area contributed by atoms with Crippen LogP contribution in [0.2, 0.25) is 0 Å². The summed E-state index contributed by atoms with van der Waals surface area (Å²) in [5.74, 6) is -0.0433. The minimum Gasteiger partial charge on any atom is -1.00 e. The third-order valence-corrected chi connectivity index (χ3v) is 1.50. The number of hydrogen-bond acceptors (Lipinski definition) is 4. The van der Waals surface area contributed by atoms with Crippen molar-refractivity contribution in [2.75, 3.05) is 5.75 Å². The van der Waals surface area contributed by atoms with Crippen molar-refractivity contribution < 1.29 is 40.6 Å². The van der Waals surface area contributed by atoms with Gasteiger partial charge in [-0.3, -0.25) is 4.79 Å². The number of hydrogen-bond donors (Lipinski definition) is 3. The molecule has 6 heteroatoms. The van der Waals surface area contributed by atoms with E-state index in [1.807, 2.05) is 0 Å². The van der Waals surface area contributed by atoms with Gasteiger partial charge in [-0.1, -0.05) is 0 Å². The summed E-state index contributed by atoms with van der Waals surface area (Å²) in [4.78, 5) is 21.0. The summed E-state index contributed by atoms with van der Waals surface area (Å²) < 4.78 is 0. The molecule has 0 fully saturated rings. The van der Waals surface area contributed by atoms with Crippen molar-refractivity contribution in [3.8, 4) is 0 Å². The average molecular weight is 200 g/mol. The second-order valence-corrected chi connectivity index (χ2v) is 2.59. The second kappa shape index (κ2) is 8.07. The van der Waals surface area contributed by atoms with Crippen LogP contribution >= 0.6 is 12.6 Å². The van der Waals surface area contributed by atoms with Crippen LogP contribution in [0, 0.1) is 0 Å². The number of carbonyl (C=O) groups excluding carboxylic acids is 2. The van der Waals surface area contributed by atoms with Crippen molar-refractivity contribution >= 4 is 24.8 Å². The number of aldehydes is 1. The predicted molar refractivity (Wildman–Crippen MR) is 46.6 cm³/mol. The van der Waals surface area contributed by atoms with Crippen LogP contribution in [0.25, 0.3) is 0 Å². The molecule has 0 aliphatic carbocycles. The summed E-state index contributed by atoms with van der Waals surface area (Å²) in [6, 6.07) is -1.12. The Morgan fingerprint density at radius 2 is 2.33 bits per heavy atom. The standard InChI is InChI=1S/C6H12N2O2S.Na.H/c1-4(7)6(10)8-5(2-9)3-11;;/h2,4-5,11H,3,7H2,1H3,(H,8,10);;/q;+1;-1/t4-,5+;;/m0../s1. The maximum absolute atomic E-state index is 10.8. The summed E-state index contributed by atoms with van der Waals surface area (Å²) in [7, 11) is 0. The zero-order valence-corrected chi connectivity index (χ0v) is 10.2. The molecule has 0 aliphatic heterocycles. The van der Waals surface area contributed by atoms with E-state index in [1.165, 1.54) is 0 Å². The van der Waals surface area contributed by atoms with Gasteiger partial charge in [-0.25, -0.2) is 0 Å². The van der Waals surface area contributed by atoms with Crippen LogP contribution in [-0.2, 0) is 9.59 Å². The van der Waals surface area contributed by atoms with Crippen LogP contribution in [0.3, 0.4) is 0 Å². The zero-order chi connectivity index (χ0) is 8.85. The minimum atomic E-state index is -0.586. The number of carbonyl (C=O) groups is 2. The molecule has 0 aromatic heterocycles. The number of nitrogens with one attached hydrogen (secondary N) is 1. The second-order valence-electron chi connectivity index (χ2n) is 2.22. The first-order valence-electron chi connectivity index (χ1n) is 3.24. The van der Waals surface area contributed by atoms with Gasteiger partial charge in [-0.05, 0) is 6.92 Å². The fourth-order valence-corrected chi connectivity index (χ4v) is 0.614. The molecule has 0 aromatic carbocycles. The molecule has 12 heavy (non-hydrogen) atoms. The van der Waals surface area contributed by atoms with E-state index in [1.54, 1.807) is 6.92 Å². The summed E-state index contributed by atoms with van der Waals surface area (Å²) >= 11 is 3.85. The molecule has 0 saturated carbocycles. The summed E-state index contributed by atoms with van der Waals surface area (Å²) in [6.07, 6.45) is 0.632. The smallest absolute Gasteiger partial charge is 1.00 e. The first kappa shape index (κ1) is 14.9. The quantitative estimate of drug-likeness (QED) is 0.246. The van der Waals surface area contributed by atoms with Gasteiger partial charge >= 0.3 is 29.6 Å². The van der Waals surface area contributed by atoms with Crippen molar-refractivity contribution in [2.45, 2.75) is 19.0 Å². The molecule has 4 nitrogen and oxygen atoms in total.